The molecule has 0 amide bonds. The topological polar surface area (TPSA) is 15.3 Å². The number of hydrogen-bond acceptors (Lipinski definition) is 2. The first kappa shape index (κ1) is 11.5. The highest BCUT2D eigenvalue weighted by Gasteiger charge is 2.19. The molecule has 0 saturated heterocycles. The van der Waals surface area contributed by atoms with Gasteiger partial charge in [-0.15, -0.1) is 0 Å². The summed E-state index contributed by atoms with van der Waals surface area (Å²) in [6.45, 7) is 12.3. The first-order valence-corrected chi connectivity index (χ1v) is 5.80. The van der Waals surface area contributed by atoms with Crippen molar-refractivity contribution in [3.05, 3.63) is 66.8 Å². The fourth-order valence-corrected chi connectivity index (χ4v) is 1.93. The largest absolute Gasteiger partial charge is 0.342 e. The molecule has 1 aromatic rings. The minimum absolute atomic E-state index is 0.377. The number of allylic oxidation sites excluding steroid dienone is 1. The summed E-state index contributed by atoms with van der Waals surface area (Å²) in [6.07, 6.45) is 2.11. The summed E-state index contributed by atoms with van der Waals surface area (Å²) in [5.74, 6) is 0.879. The smallest absolute Gasteiger partial charge is 0.103 e. The molecule has 1 heterocycles. The highest BCUT2D eigenvalue weighted by Crippen LogP contribution is 2.27. The molecule has 0 unspecified atom stereocenters. The third-order valence-corrected chi connectivity index (χ3v) is 2.84. The Morgan fingerprint density at radius 3 is 2.35 bits per heavy atom. The predicted octanol–water partition coefficient (Wildman–Crippen LogP) is 3.33. The van der Waals surface area contributed by atoms with Gasteiger partial charge in [-0.05, 0) is 19.4 Å². The molecule has 2 rings (SSSR count). The molecule has 0 spiro atoms. The third-order valence-electron chi connectivity index (χ3n) is 2.84. The van der Waals surface area contributed by atoms with E-state index in [1.807, 2.05) is 18.2 Å². The lowest BCUT2D eigenvalue weighted by Gasteiger charge is -2.34. The van der Waals surface area contributed by atoms with Crippen LogP contribution < -0.4 is 5.32 Å². The standard InChI is InChI=1S/C15H18N2/c1-11(2)17-10-15(12(3)16-13(17)4)14-8-6-5-7-9-14/h5-11,16H,3-4H2,1-2H3. The molecule has 0 radical (unpaired) electrons. The van der Waals surface area contributed by atoms with Gasteiger partial charge >= 0.3 is 0 Å². The van der Waals surface area contributed by atoms with Crippen LogP contribution in [0.5, 0.6) is 0 Å². The van der Waals surface area contributed by atoms with Gasteiger partial charge < -0.3 is 10.2 Å². The van der Waals surface area contributed by atoms with Gasteiger partial charge in [0, 0.05) is 23.5 Å². The van der Waals surface area contributed by atoms with Crippen molar-refractivity contribution >= 4 is 5.57 Å². The maximum absolute atomic E-state index is 4.05. The van der Waals surface area contributed by atoms with E-state index in [9.17, 15) is 0 Å². The van der Waals surface area contributed by atoms with Gasteiger partial charge in [0.25, 0.3) is 0 Å². The maximum Gasteiger partial charge on any atom is 0.103 e. The van der Waals surface area contributed by atoms with Gasteiger partial charge in [-0.25, -0.2) is 0 Å². The molecular formula is C15H18N2. The van der Waals surface area contributed by atoms with Gasteiger partial charge in [0.2, 0.25) is 0 Å². The van der Waals surface area contributed by atoms with E-state index in [1.54, 1.807) is 0 Å². The molecule has 1 aliphatic rings. The fourth-order valence-electron chi connectivity index (χ4n) is 1.93. The molecule has 1 aliphatic heterocycles. The second-order valence-corrected chi connectivity index (χ2v) is 4.46. The lowest BCUT2D eigenvalue weighted by molar-refractivity contribution is 0.361. The van der Waals surface area contributed by atoms with Crippen LogP contribution in [0.3, 0.4) is 0 Å². The Labute approximate surface area is 103 Å². The van der Waals surface area contributed by atoms with Crippen LogP contribution in [-0.4, -0.2) is 10.9 Å². The van der Waals surface area contributed by atoms with Crippen molar-refractivity contribution in [1.82, 2.24) is 10.2 Å². The molecule has 17 heavy (non-hydrogen) atoms. The van der Waals surface area contributed by atoms with Crippen molar-refractivity contribution in [2.45, 2.75) is 19.9 Å². The summed E-state index contributed by atoms with van der Waals surface area (Å²) in [6, 6.07) is 10.6. The summed E-state index contributed by atoms with van der Waals surface area (Å²) in [7, 11) is 0. The van der Waals surface area contributed by atoms with Crippen LogP contribution in [0, 0.1) is 0 Å². The lowest BCUT2D eigenvalue weighted by atomic mass is 10.0. The van der Waals surface area contributed by atoms with Crippen LogP contribution in [0.2, 0.25) is 0 Å². The Balaban J connectivity index is 2.42. The number of hydrogen-bond donors (Lipinski definition) is 1. The van der Waals surface area contributed by atoms with Crippen molar-refractivity contribution in [2.24, 2.45) is 0 Å². The Morgan fingerprint density at radius 2 is 1.76 bits per heavy atom. The summed E-state index contributed by atoms with van der Waals surface area (Å²) < 4.78 is 0. The van der Waals surface area contributed by atoms with Crippen LogP contribution in [0.4, 0.5) is 0 Å². The zero-order chi connectivity index (χ0) is 12.4. The fraction of sp³-hybridized carbons (Fsp3) is 0.200. The van der Waals surface area contributed by atoms with Crippen molar-refractivity contribution in [1.29, 1.82) is 0 Å². The molecule has 0 atom stereocenters. The van der Waals surface area contributed by atoms with Crippen LogP contribution in [0.1, 0.15) is 19.4 Å². The van der Waals surface area contributed by atoms with Crippen LogP contribution in [0.15, 0.2) is 61.2 Å². The summed E-state index contributed by atoms with van der Waals surface area (Å²) in [5, 5.41) is 3.23. The average molecular weight is 226 g/mol. The van der Waals surface area contributed by atoms with E-state index in [-0.39, 0.29) is 0 Å². The zero-order valence-electron chi connectivity index (χ0n) is 10.4. The number of nitrogens with one attached hydrogen (secondary N) is 1. The Bertz CT molecular complexity index is 469. The average Bonchev–Trinajstić information content (AvgIpc) is 2.29. The first-order chi connectivity index (χ1) is 8.09. The van der Waals surface area contributed by atoms with Gasteiger partial charge in [-0.3, -0.25) is 0 Å². The molecule has 2 nitrogen and oxygen atoms in total. The Hall–Kier alpha value is -1.96. The van der Waals surface area contributed by atoms with Gasteiger partial charge in [0.05, 0.1) is 0 Å². The van der Waals surface area contributed by atoms with Crippen molar-refractivity contribution < 1.29 is 0 Å². The van der Waals surface area contributed by atoms with Gasteiger partial charge in [0.15, 0.2) is 0 Å². The highest BCUT2D eigenvalue weighted by molar-refractivity contribution is 5.79. The van der Waals surface area contributed by atoms with E-state index in [0.717, 1.165) is 17.1 Å². The van der Waals surface area contributed by atoms with E-state index in [2.05, 4.69) is 55.6 Å². The molecule has 0 aromatic heterocycles. The summed E-state index contributed by atoms with van der Waals surface area (Å²) in [4.78, 5) is 2.12. The highest BCUT2D eigenvalue weighted by atomic mass is 15.3. The van der Waals surface area contributed by atoms with Crippen LogP contribution in [-0.2, 0) is 0 Å². The van der Waals surface area contributed by atoms with Gasteiger partial charge in [0.1, 0.15) is 5.82 Å². The molecule has 0 fully saturated rings. The maximum atomic E-state index is 4.05. The SMILES string of the molecule is C=C1NC(=C)N(C(C)C)C=C1c1ccccc1. The van der Waals surface area contributed by atoms with Crippen molar-refractivity contribution in [2.75, 3.05) is 0 Å². The summed E-state index contributed by atoms with van der Waals surface area (Å²) in [5.41, 5.74) is 3.19. The summed E-state index contributed by atoms with van der Waals surface area (Å²) >= 11 is 0. The quantitative estimate of drug-likeness (QED) is 0.832. The second kappa shape index (κ2) is 4.50. The third kappa shape index (κ3) is 2.26. The number of rotatable bonds is 2. The van der Waals surface area contributed by atoms with E-state index in [0.29, 0.717) is 6.04 Å². The molecule has 1 aromatic carbocycles. The van der Waals surface area contributed by atoms with E-state index in [1.165, 1.54) is 5.56 Å². The van der Waals surface area contributed by atoms with Gasteiger partial charge in [-0.1, -0.05) is 43.5 Å². The molecule has 0 saturated carbocycles. The van der Waals surface area contributed by atoms with E-state index < -0.39 is 0 Å². The first-order valence-electron chi connectivity index (χ1n) is 5.80. The Kier molecular flexibility index (Phi) is 3.05. The molecular weight excluding hydrogens is 208 g/mol. The zero-order valence-corrected chi connectivity index (χ0v) is 10.4. The number of nitrogens with zero attached hydrogens (tertiary/aromatic N) is 1. The molecule has 88 valence electrons. The predicted molar refractivity (Wildman–Crippen MR) is 72.8 cm³/mol. The number of benzene rings is 1. The Morgan fingerprint density at radius 1 is 1.12 bits per heavy atom. The van der Waals surface area contributed by atoms with Crippen LogP contribution in [0.25, 0.3) is 5.57 Å². The lowest BCUT2D eigenvalue weighted by Crippen LogP contribution is -2.35. The molecule has 2 heteroatoms. The van der Waals surface area contributed by atoms with Crippen molar-refractivity contribution in [3.8, 4) is 0 Å². The van der Waals surface area contributed by atoms with E-state index in [4.69, 9.17) is 0 Å². The molecule has 1 N–H and O–H groups in total. The molecule has 0 bridgehead atoms. The minimum atomic E-state index is 0.377. The second-order valence-electron chi connectivity index (χ2n) is 4.46. The normalized spacial score (nSPS) is 15.9. The molecule has 0 aliphatic carbocycles. The minimum Gasteiger partial charge on any atom is -0.342 e. The van der Waals surface area contributed by atoms with E-state index >= 15 is 0 Å². The monoisotopic (exact) mass is 226 g/mol. The van der Waals surface area contributed by atoms with Crippen molar-refractivity contribution in [3.63, 3.8) is 0 Å². The van der Waals surface area contributed by atoms with Crippen LogP contribution >= 0.6 is 0 Å². The van der Waals surface area contributed by atoms with Gasteiger partial charge in [-0.2, -0.15) is 0 Å².